The Morgan fingerprint density at radius 2 is 2.12 bits per heavy atom. The largest absolute Gasteiger partial charge is 0.493 e. The Morgan fingerprint density at radius 1 is 1.27 bits per heavy atom. The fourth-order valence-electron chi connectivity index (χ4n) is 2.69. The third-order valence-corrected chi connectivity index (χ3v) is 4.70. The van der Waals surface area contributed by atoms with Crippen molar-refractivity contribution in [2.75, 3.05) is 13.2 Å². The molecule has 0 saturated heterocycles. The van der Waals surface area contributed by atoms with E-state index in [-0.39, 0.29) is 18.9 Å². The summed E-state index contributed by atoms with van der Waals surface area (Å²) in [6.07, 6.45) is 0.714. The van der Waals surface area contributed by atoms with Gasteiger partial charge in [-0.1, -0.05) is 6.07 Å². The topological polar surface area (TPSA) is 105 Å². The van der Waals surface area contributed by atoms with Crippen molar-refractivity contribution < 1.29 is 24.2 Å². The van der Waals surface area contributed by atoms with E-state index in [0.29, 0.717) is 17.7 Å². The molecule has 0 spiro atoms. The second-order valence-electron chi connectivity index (χ2n) is 5.82. The van der Waals surface area contributed by atoms with Crippen LogP contribution in [0.4, 0.5) is 0 Å². The molecule has 0 radical (unpaired) electrons. The number of carboxylic acids is 1. The van der Waals surface area contributed by atoms with Crippen LogP contribution in [0.5, 0.6) is 5.75 Å². The first-order valence-corrected chi connectivity index (χ1v) is 9.07. The van der Waals surface area contributed by atoms with Crippen LogP contribution in [0, 0.1) is 0 Å². The van der Waals surface area contributed by atoms with E-state index in [4.69, 9.17) is 4.74 Å². The lowest BCUT2D eigenvalue weighted by Crippen LogP contribution is -2.36. The Morgan fingerprint density at radius 3 is 2.85 bits per heavy atom. The normalized spacial score (nSPS) is 13.4. The minimum Gasteiger partial charge on any atom is -0.493 e. The average Bonchev–Trinajstić information content (AvgIpc) is 3.30. The fourth-order valence-corrected chi connectivity index (χ4v) is 3.33. The number of thiophene rings is 1. The maximum atomic E-state index is 12.1. The van der Waals surface area contributed by atoms with Crippen molar-refractivity contribution in [3.8, 4) is 5.75 Å². The number of carbonyl (C=O) groups is 3. The Bertz CT molecular complexity index is 819. The molecule has 1 aromatic carbocycles. The molecule has 8 heteroatoms. The van der Waals surface area contributed by atoms with E-state index in [1.54, 1.807) is 35.0 Å². The van der Waals surface area contributed by atoms with Gasteiger partial charge >= 0.3 is 5.97 Å². The number of carbonyl (C=O) groups excluding carboxylic acids is 2. The van der Waals surface area contributed by atoms with Gasteiger partial charge in [0.25, 0.3) is 5.91 Å². The summed E-state index contributed by atoms with van der Waals surface area (Å²) in [7, 11) is 0. The van der Waals surface area contributed by atoms with E-state index in [1.165, 1.54) is 11.3 Å². The van der Waals surface area contributed by atoms with Gasteiger partial charge in [-0.2, -0.15) is 11.3 Å². The van der Waals surface area contributed by atoms with Gasteiger partial charge in [-0.3, -0.25) is 9.59 Å². The van der Waals surface area contributed by atoms with Gasteiger partial charge in [0.1, 0.15) is 5.75 Å². The molecule has 1 aliphatic heterocycles. The molecule has 0 saturated carbocycles. The molecular formula is C18H18N2O5S. The quantitative estimate of drug-likeness (QED) is 0.685. The molecule has 2 amide bonds. The molecule has 0 fully saturated rings. The number of fused-ring (bicyclic) bond motifs is 1. The summed E-state index contributed by atoms with van der Waals surface area (Å²) in [5, 5.41) is 18.1. The number of carboxylic acid groups (broad SMARTS) is 1. The minimum absolute atomic E-state index is 0.00624. The number of nitrogens with one attached hydrogen (secondary N) is 2. The van der Waals surface area contributed by atoms with Crippen molar-refractivity contribution in [1.29, 1.82) is 0 Å². The van der Waals surface area contributed by atoms with Crippen molar-refractivity contribution in [3.05, 3.63) is 51.7 Å². The third-order valence-electron chi connectivity index (χ3n) is 4.02. The molecule has 2 heterocycles. The van der Waals surface area contributed by atoms with Crippen LogP contribution in [0.15, 0.2) is 35.0 Å². The second-order valence-corrected chi connectivity index (χ2v) is 6.60. The highest BCUT2D eigenvalue weighted by molar-refractivity contribution is 7.08. The zero-order valence-electron chi connectivity index (χ0n) is 13.9. The molecule has 7 nitrogen and oxygen atoms in total. The highest BCUT2D eigenvalue weighted by atomic mass is 32.1. The van der Waals surface area contributed by atoms with Crippen molar-refractivity contribution >= 4 is 29.1 Å². The first-order valence-electron chi connectivity index (χ1n) is 8.13. The summed E-state index contributed by atoms with van der Waals surface area (Å²) in [5.41, 5.74) is 1.97. The summed E-state index contributed by atoms with van der Waals surface area (Å²) in [5.74, 6) is -1.09. The molecule has 0 bridgehead atoms. The van der Waals surface area contributed by atoms with Gasteiger partial charge in [0, 0.05) is 30.3 Å². The van der Waals surface area contributed by atoms with Crippen LogP contribution in [-0.2, 0) is 16.0 Å². The Kier molecular flexibility index (Phi) is 5.52. The molecular weight excluding hydrogens is 356 g/mol. The molecule has 3 rings (SSSR count). The standard InChI is InChI=1S/C18H18N2O5S/c21-15(3-6-19-17(22)13-5-8-26-10-13)20-16(18(23)24)12-1-2-14-11(9-12)4-7-25-14/h1-2,5,8-10,16H,3-4,6-7H2,(H,19,22)(H,20,21)(H,23,24). The third kappa shape index (κ3) is 4.20. The van der Waals surface area contributed by atoms with Crippen LogP contribution >= 0.6 is 11.3 Å². The summed E-state index contributed by atoms with van der Waals surface area (Å²) in [4.78, 5) is 35.4. The van der Waals surface area contributed by atoms with Crippen LogP contribution < -0.4 is 15.4 Å². The first-order chi connectivity index (χ1) is 12.5. The molecule has 3 N–H and O–H groups in total. The van der Waals surface area contributed by atoms with Gasteiger partial charge in [-0.15, -0.1) is 0 Å². The summed E-state index contributed by atoms with van der Waals surface area (Å²) >= 11 is 1.41. The highest BCUT2D eigenvalue weighted by Gasteiger charge is 2.24. The van der Waals surface area contributed by atoms with Crippen molar-refractivity contribution in [1.82, 2.24) is 10.6 Å². The number of hydrogen-bond acceptors (Lipinski definition) is 5. The number of benzene rings is 1. The zero-order chi connectivity index (χ0) is 18.5. The number of amides is 2. The number of hydrogen-bond donors (Lipinski definition) is 3. The molecule has 1 aliphatic rings. The molecule has 2 aromatic rings. The maximum absolute atomic E-state index is 12.1. The van der Waals surface area contributed by atoms with E-state index in [9.17, 15) is 19.5 Å². The minimum atomic E-state index is -1.14. The lowest BCUT2D eigenvalue weighted by molar-refractivity contribution is -0.142. The predicted molar refractivity (Wildman–Crippen MR) is 95.4 cm³/mol. The number of ether oxygens (including phenoxy) is 1. The van der Waals surface area contributed by atoms with Crippen molar-refractivity contribution in [3.63, 3.8) is 0 Å². The Balaban J connectivity index is 1.55. The van der Waals surface area contributed by atoms with Gasteiger partial charge in [0.15, 0.2) is 6.04 Å². The second kappa shape index (κ2) is 8.01. The average molecular weight is 374 g/mol. The van der Waals surface area contributed by atoms with Gasteiger partial charge in [0.2, 0.25) is 5.91 Å². The lowest BCUT2D eigenvalue weighted by Gasteiger charge is -2.16. The summed E-state index contributed by atoms with van der Waals surface area (Å²) in [6, 6.07) is 5.67. The van der Waals surface area contributed by atoms with Gasteiger partial charge in [-0.05, 0) is 34.7 Å². The van der Waals surface area contributed by atoms with Crippen molar-refractivity contribution in [2.45, 2.75) is 18.9 Å². The van der Waals surface area contributed by atoms with Crippen LogP contribution in [0.2, 0.25) is 0 Å². The van der Waals surface area contributed by atoms with Crippen molar-refractivity contribution in [2.24, 2.45) is 0 Å². The summed E-state index contributed by atoms with van der Waals surface area (Å²) < 4.78 is 5.41. The zero-order valence-corrected chi connectivity index (χ0v) is 14.7. The molecule has 1 atom stereocenters. The van der Waals surface area contributed by atoms with Gasteiger partial charge in [-0.25, -0.2) is 4.79 Å². The Hall–Kier alpha value is -2.87. The van der Waals surface area contributed by atoms with E-state index >= 15 is 0 Å². The molecule has 136 valence electrons. The van der Waals surface area contributed by atoms with Crippen LogP contribution in [-0.4, -0.2) is 36.0 Å². The SMILES string of the molecule is O=C(CCNC(=O)c1ccsc1)NC(C(=O)O)c1ccc2c(c1)CCO2. The molecule has 0 aliphatic carbocycles. The number of rotatable bonds is 7. The van der Waals surface area contributed by atoms with E-state index in [1.807, 2.05) is 0 Å². The van der Waals surface area contributed by atoms with E-state index in [0.717, 1.165) is 17.7 Å². The van der Waals surface area contributed by atoms with Crippen LogP contribution in [0.1, 0.15) is 33.9 Å². The number of aliphatic carboxylic acids is 1. The first kappa shape index (κ1) is 17.9. The maximum Gasteiger partial charge on any atom is 0.330 e. The molecule has 1 aromatic heterocycles. The van der Waals surface area contributed by atoms with Crippen LogP contribution in [0.25, 0.3) is 0 Å². The summed E-state index contributed by atoms with van der Waals surface area (Å²) in [6.45, 7) is 0.706. The predicted octanol–water partition coefficient (Wildman–Crippen LogP) is 1.75. The fraction of sp³-hybridized carbons (Fsp3) is 0.278. The van der Waals surface area contributed by atoms with Gasteiger partial charge in [0.05, 0.1) is 6.61 Å². The monoisotopic (exact) mass is 374 g/mol. The van der Waals surface area contributed by atoms with Gasteiger partial charge < -0.3 is 20.5 Å². The van der Waals surface area contributed by atoms with E-state index in [2.05, 4.69) is 10.6 Å². The molecule has 26 heavy (non-hydrogen) atoms. The van der Waals surface area contributed by atoms with E-state index < -0.39 is 17.9 Å². The smallest absolute Gasteiger partial charge is 0.330 e. The highest BCUT2D eigenvalue weighted by Crippen LogP contribution is 2.28. The molecule has 1 unspecified atom stereocenters. The Labute approximate surface area is 154 Å². The van der Waals surface area contributed by atoms with Crippen LogP contribution in [0.3, 0.4) is 0 Å². The lowest BCUT2D eigenvalue weighted by atomic mass is 10.0.